The van der Waals surface area contributed by atoms with Crippen LogP contribution in [0.5, 0.6) is 17.2 Å². The number of rotatable bonds is 10. The Labute approximate surface area is 176 Å². The van der Waals surface area contributed by atoms with Gasteiger partial charge in [-0.05, 0) is 59.8 Å². The number of hydrogen-bond acceptors (Lipinski definition) is 5. The van der Waals surface area contributed by atoms with Gasteiger partial charge in [-0.25, -0.2) is 0 Å². The van der Waals surface area contributed by atoms with Crippen LogP contribution in [-0.2, 0) is 19.6 Å². The summed E-state index contributed by atoms with van der Waals surface area (Å²) >= 11 is 1.69. The lowest BCUT2D eigenvalue weighted by atomic mass is 10.1. The summed E-state index contributed by atoms with van der Waals surface area (Å²) in [5, 5.41) is 5.53. The average molecular weight is 420 g/mol. The SMILES string of the molecule is COc1ccc(CCNCc2ccc(OCc3cccs3)c(OC)c2)cc1.Cl. The lowest BCUT2D eigenvalue weighted by molar-refractivity contribution is 0.287. The number of ether oxygens (including phenoxy) is 3. The van der Waals surface area contributed by atoms with Crippen LogP contribution in [0.2, 0.25) is 0 Å². The summed E-state index contributed by atoms with van der Waals surface area (Å²) in [5.41, 5.74) is 2.46. The molecule has 0 amide bonds. The first-order valence-corrected chi connectivity index (χ1v) is 9.82. The largest absolute Gasteiger partial charge is 0.497 e. The monoisotopic (exact) mass is 419 g/mol. The van der Waals surface area contributed by atoms with Crippen LogP contribution in [0, 0.1) is 0 Å². The Bertz CT molecular complexity index is 822. The van der Waals surface area contributed by atoms with Crippen LogP contribution in [0.3, 0.4) is 0 Å². The summed E-state index contributed by atoms with van der Waals surface area (Å²) in [4.78, 5) is 1.20. The highest BCUT2D eigenvalue weighted by Crippen LogP contribution is 2.29. The highest BCUT2D eigenvalue weighted by atomic mass is 35.5. The molecule has 28 heavy (non-hydrogen) atoms. The van der Waals surface area contributed by atoms with Gasteiger partial charge in [-0.1, -0.05) is 24.3 Å². The Hall–Kier alpha value is -2.21. The lowest BCUT2D eigenvalue weighted by Gasteiger charge is -2.12. The molecule has 0 saturated carbocycles. The Morgan fingerprint density at radius 1 is 0.893 bits per heavy atom. The number of benzene rings is 2. The Morgan fingerprint density at radius 3 is 2.36 bits per heavy atom. The number of methoxy groups -OCH3 is 2. The van der Waals surface area contributed by atoms with Gasteiger partial charge in [0.1, 0.15) is 12.4 Å². The van der Waals surface area contributed by atoms with Crippen LogP contribution in [0.4, 0.5) is 0 Å². The molecule has 0 fully saturated rings. The van der Waals surface area contributed by atoms with Crippen molar-refractivity contribution in [2.75, 3.05) is 20.8 Å². The van der Waals surface area contributed by atoms with E-state index in [0.29, 0.717) is 6.61 Å². The molecule has 2 aromatic carbocycles. The van der Waals surface area contributed by atoms with Crippen LogP contribution in [0.1, 0.15) is 16.0 Å². The van der Waals surface area contributed by atoms with E-state index in [1.807, 2.05) is 30.3 Å². The van der Waals surface area contributed by atoms with Crippen LogP contribution in [-0.4, -0.2) is 20.8 Å². The molecule has 0 bridgehead atoms. The van der Waals surface area contributed by atoms with Gasteiger partial charge in [0, 0.05) is 11.4 Å². The first-order chi connectivity index (χ1) is 13.3. The fourth-order valence-electron chi connectivity index (χ4n) is 2.74. The van der Waals surface area contributed by atoms with Crippen LogP contribution < -0.4 is 19.5 Å². The summed E-state index contributed by atoms with van der Waals surface area (Å²) in [6.45, 7) is 2.26. The molecule has 1 aromatic heterocycles. The van der Waals surface area contributed by atoms with Crippen molar-refractivity contribution in [1.29, 1.82) is 0 Å². The molecular formula is C22H26ClNO3S. The van der Waals surface area contributed by atoms with Crippen molar-refractivity contribution in [3.63, 3.8) is 0 Å². The molecule has 1 N–H and O–H groups in total. The molecule has 0 aliphatic rings. The second-order valence-electron chi connectivity index (χ2n) is 6.13. The third-order valence-corrected chi connectivity index (χ3v) is 5.11. The summed E-state index contributed by atoms with van der Waals surface area (Å²) in [6, 6.07) is 18.4. The zero-order chi connectivity index (χ0) is 18.9. The van der Waals surface area contributed by atoms with Crippen molar-refractivity contribution in [3.8, 4) is 17.2 Å². The molecule has 0 spiro atoms. The molecule has 1 heterocycles. The van der Waals surface area contributed by atoms with Crippen molar-refractivity contribution < 1.29 is 14.2 Å². The molecule has 0 atom stereocenters. The van der Waals surface area contributed by atoms with E-state index in [4.69, 9.17) is 14.2 Å². The van der Waals surface area contributed by atoms with Crippen molar-refractivity contribution in [2.24, 2.45) is 0 Å². The number of thiophene rings is 1. The van der Waals surface area contributed by atoms with E-state index in [-0.39, 0.29) is 12.4 Å². The molecular weight excluding hydrogens is 394 g/mol. The van der Waals surface area contributed by atoms with Crippen molar-refractivity contribution in [2.45, 2.75) is 19.6 Å². The molecule has 0 radical (unpaired) electrons. The van der Waals surface area contributed by atoms with E-state index in [1.54, 1.807) is 25.6 Å². The second-order valence-corrected chi connectivity index (χ2v) is 7.16. The quantitative estimate of drug-likeness (QED) is 0.464. The summed E-state index contributed by atoms with van der Waals surface area (Å²) in [7, 11) is 3.36. The lowest BCUT2D eigenvalue weighted by Crippen LogP contribution is -2.16. The van der Waals surface area contributed by atoms with E-state index in [1.165, 1.54) is 16.0 Å². The van der Waals surface area contributed by atoms with E-state index < -0.39 is 0 Å². The molecule has 0 aliphatic heterocycles. The first-order valence-electron chi connectivity index (χ1n) is 8.94. The van der Waals surface area contributed by atoms with Gasteiger partial charge >= 0.3 is 0 Å². The van der Waals surface area contributed by atoms with Crippen LogP contribution >= 0.6 is 23.7 Å². The predicted molar refractivity (Wildman–Crippen MR) is 117 cm³/mol. The first kappa shape index (κ1) is 22.1. The van der Waals surface area contributed by atoms with Crippen LogP contribution in [0.15, 0.2) is 60.0 Å². The predicted octanol–water partition coefficient (Wildman–Crippen LogP) is 5.10. The minimum absolute atomic E-state index is 0. The summed E-state index contributed by atoms with van der Waals surface area (Å²) in [5.74, 6) is 2.43. The third kappa shape index (κ3) is 6.44. The third-order valence-electron chi connectivity index (χ3n) is 4.26. The van der Waals surface area contributed by atoms with E-state index >= 15 is 0 Å². The number of hydrogen-bond donors (Lipinski definition) is 1. The maximum absolute atomic E-state index is 5.88. The number of halogens is 1. The highest BCUT2D eigenvalue weighted by molar-refractivity contribution is 7.09. The van der Waals surface area contributed by atoms with E-state index in [9.17, 15) is 0 Å². The zero-order valence-corrected chi connectivity index (χ0v) is 17.8. The summed E-state index contributed by atoms with van der Waals surface area (Å²) in [6.07, 6.45) is 0.975. The standard InChI is InChI=1S/C22H25NO3S.ClH/c1-24-19-8-5-17(6-9-19)11-12-23-15-18-7-10-21(22(14-18)25-2)26-16-20-4-3-13-27-20;/h3-10,13-14,23H,11-12,15-16H2,1-2H3;1H. The minimum Gasteiger partial charge on any atom is -0.497 e. The Morgan fingerprint density at radius 2 is 1.68 bits per heavy atom. The van der Waals surface area contributed by atoms with Crippen molar-refractivity contribution >= 4 is 23.7 Å². The normalized spacial score (nSPS) is 10.2. The molecule has 3 aromatic rings. The molecule has 3 rings (SSSR count). The molecule has 150 valence electrons. The van der Waals surface area contributed by atoms with Gasteiger partial charge in [-0.2, -0.15) is 0 Å². The van der Waals surface area contributed by atoms with Crippen molar-refractivity contribution in [3.05, 3.63) is 76.0 Å². The highest BCUT2D eigenvalue weighted by Gasteiger charge is 2.07. The molecule has 0 unspecified atom stereocenters. The fraction of sp³-hybridized carbons (Fsp3) is 0.273. The minimum atomic E-state index is 0. The molecule has 0 saturated heterocycles. The Balaban J connectivity index is 0.00000280. The summed E-state index contributed by atoms with van der Waals surface area (Å²) < 4.78 is 16.6. The maximum atomic E-state index is 5.88. The topological polar surface area (TPSA) is 39.7 Å². The van der Waals surface area contributed by atoms with E-state index in [0.717, 1.165) is 36.8 Å². The zero-order valence-electron chi connectivity index (χ0n) is 16.1. The van der Waals surface area contributed by atoms with Gasteiger partial charge in [0.05, 0.1) is 14.2 Å². The molecule has 0 aliphatic carbocycles. The molecule has 6 heteroatoms. The maximum Gasteiger partial charge on any atom is 0.161 e. The van der Waals surface area contributed by atoms with Crippen molar-refractivity contribution in [1.82, 2.24) is 5.32 Å². The average Bonchev–Trinajstić information content (AvgIpc) is 3.24. The Kier molecular flexibility index (Phi) is 9.14. The van der Waals surface area contributed by atoms with Gasteiger partial charge in [0.25, 0.3) is 0 Å². The van der Waals surface area contributed by atoms with Gasteiger partial charge in [-0.15, -0.1) is 23.7 Å². The van der Waals surface area contributed by atoms with Gasteiger partial charge in [-0.3, -0.25) is 0 Å². The fourth-order valence-corrected chi connectivity index (χ4v) is 3.36. The van der Waals surface area contributed by atoms with Gasteiger partial charge in [0.15, 0.2) is 11.5 Å². The van der Waals surface area contributed by atoms with Gasteiger partial charge < -0.3 is 19.5 Å². The van der Waals surface area contributed by atoms with E-state index in [2.05, 4.69) is 35.0 Å². The smallest absolute Gasteiger partial charge is 0.161 e. The molecule has 4 nitrogen and oxygen atoms in total. The van der Waals surface area contributed by atoms with Gasteiger partial charge in [0.2, 0.25) is 0 Å². The van der Waals surface area contributed by atoms with Crippen LogP contribution in [0.25, 0.3) is 0 Å². The number of nitrogens with one attached hydrogen (secondary N) is 1. The second kappa shape index (κ2) is 11.6.